The predicted octanol–water partition coefficient (Wildman–Crippen LogP) is 6.99. The van der Waals surface area contributed by atoms with Crippen molar-refractivity contribution in [2.24, 2.45) is 29.6 Å². The molecule has 0 radical (unpaired) electrons. The number of hydrogen-bond donors (Lipinski definition) is 0. The molecule has 1 heteroatoms. The van der Waals surface area contributed by atoms with E-state index in [2.05, 4.69) is 20.8 Å². The molecule has 3 saturated carbocycles. The third kappa shape index (κ3) is 4.77. The lowest BCUT2D eigenvalue weighted by Crippen LogP contribution is -2.43. The fraction of sp³-hybridized carbons (Fsp3) is 1.00. The van der Waals surface area contributed by atoms with Gasteiger partial charge in [-0.2, -0.15) is 0 Å². The van der Waals surface area contributed by atoms with Crippen molar-refractivity contribution in [3.63, 3.8) is 0 Å². The van der Waals surface area contributed by atoms with E-state index < -0.39 is 0 Å². The van der Waals surface area contributed by atoms with Gasteiger partial charge in [0.25, 0.3) is 0 Å². The number of unbranched alkanes of at least 4 members (excludes halogenated alkanes) is 3. The van der Waals surface area contributed by atoms with Gasteiger partial charge in [-0.25, -0.2) is 0 Å². The van der Waals surface area contributed by atoms with Crippen LogP contribution in [0.1, 0.15) is 104 Å². The monoisotopic (exact) mass is 334 g/mol. The van der Waals surface area contributed by atoms with Crippen molar-refractivity contribution in [2.75, 3.05) is 0 Å². The Morgan fingerprint density at radius 3 is 2.21 bits per heavy atom. The molecule has 0 N–H and O–H groups in total. The van der Waals surface area contributed by atoms with Crippen LogP contribution in [0.2, 0.25) is 0 Å². The zero-order valence-electron chi connectivity index (χ0n) is 16.6. The average Bonchev–Trinajstić information content (AvgIpc) is 2.57. The van der Waals surface area contributed by atoms with Gasteiger partial charge in [-0.1, -0.05) is 45.4 Å². The van der Waals surface area contributed by atoms with E-state index in [0.29, 0.717) is 12.2 Å². The minimum atomic E-state index is 0.408. The Kier molecular flexibility index (Phi) is 7.07. The van der Waals surface area contributed by atoms with E-state index in [1.54, 1.807) is 19.3 Å². The van der Waals surface area contributed by atoms with Crippen LogP contribution >= 0.6 is 0 Å². The molecule has 1 nitrogen and oxygen atoms in total. The molecule has 0 aliphatic heterocycles. The van der Waals surface area contributed by atoms with Gasteiger partial charge in [-0.15, -0.1) is 0 Å². The molecule has 0 amide bonds. The first-order valence-electron chi connectivity index (χ1n) is 11.3. The molecule has 0 aromatic rings. The first-order valence-corrected chi connectivity index (χ1v) is 11.3. The second-order valence-electron chi connectivity index (χ2n) is 9.57. The lowest BCUT2D eigenvalue weighted by molar-refractivity contribution is -0.0710. The maximum atomic E-state index is 6.16. The van der Waals surface area contributed by atoms with E-state index in [9.17, 15) is 0 Å². The molecule has 3 rings (SSSR count). The molecule has 0 bridgehead atoms. The molecule has 0 aromatic heterocycles. The van der Waals surface area contributed by atoms with Gasteiger partial charge in [0.05, 0.1) is 12.2 Å². The average molecular weight is 335 g/mol. The SMILES string of the molecule is CCCCCCC1CCC2C(CCC3CC(OC(C)C)CCC32)C1. The topological polar surface area (TPSA) is 9.23 Å². The zero-order chi connectivity index (χ0) is 16.9. The van der Waals surface area contributed by atoms with E-state index in [-0.39, 0.29) is 0 Å². The molecule has 140 valence electrons. The molecule has 3 aliphatic rings. The van der Waals surface area contributed by atoms with Crippen LogP contribution in [0.3, 0.4) is 0 Å². The Morgan fingerprint density at radius 1 is 0.792 bits per heavy atom. The van der Waals surface area contributed by atoms with Crippen LogP contribution in [0.15, 0.2) is 0 Å². The summed E-state index contributed by atoms with van der Waals surface area (Å²) in [4.78, 5) is 0. The Bertz CT molecular complexity index is 363. The molecule has 0 spiro atoms. The molecule has 3 fully saturated rings. The van der Waals surface area contributed by atoms with Crippen LogP contribution in [0.25, 0.3) is 0 Å². The van der Waals surface area contributed by atoms with Crippen LogP contribution in [0.5, 0.6) is 0 Å². The summed E-state index contributed by atoms with van der Waals surface area (Å²) < 4.78 is 6.16. The highest BCUT2D eigenvalue weighted by atomic mass is 16.5. The number of fused-ring (bicyclic) bond motifs is 3. The van der Waals surface area contributed by atoms with Crippen LogP contribution in [-0.2, 0) is 4.74 Å². The molecule has 6 atom stereocenters. The molecule has 0 aromatic carbocycles. The Hall–Kier alpha value is -0.0400. The number of rotatable bonds is 7. The van der Waals surface area contributed by atoms with E-state index in [1.165, 1.54) is 64.2 Å². The Morgan fingerprint density at radius 2 is 1.50 bits per heavy atom. The quantitative estimate of drug-likeness (QED) is 0.456. The minimum absolute atomic E-state index is 0.408. The van der Waals surface area contributed by atoms with E-state index in [0.717, 1.165) is 29.6 Å². The highest BCUT2D eigenvalue weighted by Crippen LogP contribution is 2.53. The van der Waals surface area contributed by atoms with Gasteiger partial charge in [-0.05, 0) is 88.4 Å². The molecular weight excluding hydrogens is 292 g/mol. The van der Waals surface area contributed by atoms with Gasteiger partial charge in [0, 0.05) is 0 Å². The lowest BCUT2D eigenvalue weighted by Gasteiger charge is -2.51. The second-order valence-corrected chi connectivity index (χ2v) is 9.57. The fourth-order valence-electron chi connectivity index (χ4n) is 6.48. The molecular formula is C23H42O. The summed E-state index contributed by atoms with van der Waals surface area (Å²) in [5.74, 6) is 5.27. The largest absolute Gasteiger partial charge is 0.376 e. The fourth-order valence-corrected chi connectivity index (χ4v) is 6.48. The maximum absolute atomic E-state index is 6.16. The minimum Gasteiger partial charge on any atom is -0.376 e. The molecule has 0 saturated heterocycles. The summed E-state index contributed by atoms with van der Waals surface area (Å²) in [5.41, 5.74) is 0. The van der Waals surface area contributed by atoms with E-state index >= 15 is 0 Å². The smallest absolute Gasteiger partial charge is 0.0581 e. The van der Waals surface area contributed by atoms with Gasteiger partial charge < -0.3 is 4.74 Å². The predicted molar refractivity (Wildman–Crippen MR) is 103 cm³/mol. The highest BCUT2D eigenvalue weighted by molar-refractivity contribution is 4.94. The summed E-state index contributed by atoms with van der Waals surface area (Å²) in [6.45, 7) is 6.72. The normalized spacial score (nSPS) is 39.5. The van der Waals surface area contributed by atoms with Crippen molar-refractivity contribution in [3.05, 3.63) is 0 Å². The van der Waals surface area contributed by atoms with Crippen molar-refractivity contribution in [1.82, 2.24) is 0 Å². The maximum Gasteiger partial charge on any atom is 0.0581 e. The van der Waals surface area contributed by atoms with Crippen LogP contribution in [-0.4, -0.2) is 12.2 Å². The third-order valence-electron chi connectivity index (χ3n) is 7.53. The Balaban J connectivity index is 1.46. The van der Waals surface area contributed by atoms with Crippen molar-refractivity contribution >= 4 is 0 Å². The number of hydrogen-bond acceptors (Lipinski definition) is 1. The molecule has 3 aliphatic carbocycles. The third-order valence-corrected chi connectivity index (χ3v) is 7.53. The van der Waals surface area contributed by atoms with Gasteiger partial charge in [-0.3, -0.25) is 0 Å². The standard InChI is InChI=1S/C23H42O/c1-4-5-6-7-8-18-9-13-22-19(15-18)10-11-20-16-21(24-17(2)3)12-14-23(20)22/h17-23H,4-16H2,1-3H3. The number of ether oxygens (including phenoxy) is 1. The van der Waals surface area contributed by atoms with Gasteiger partial charge in [0.1, 0.15) is 0 Å². The van der Waals surface area contributed by atoms with Crippen molar-refractivity contribution in [2.45, 2.75) is 116 Å². The van der Waals surface area contributed by atoms with Crippen molar-refractivity contribution in [3.8, 4) is 0 Å². The first-order chi connectivity index (χ1) is 11.7. The molecule has 0 heterocycles. The Labute approximate surface area is 151 Å². The summed E-state index contributed by atoms with van der Waals surface area (Å²) >= 11 is 0. The van der Waals surface area contributed by atoms with Gasteiger partial charge >= 0.3 is 0 Å². The van der Waals surface area contributed by atoms with Crippen molar-refractivity contribution in [1.29, 1.82) is 0 Å². The zero-order valence-corrected chi connectivity index (χ0v) is 16.6. The summed E-state index contributed by atoms with van der Waals surface area (Å²) in [6.07, 6.45) is 20.2. The van der Waals surface area contributed by atoms with Crippen LogP contribution < -0.4 is 0 Å². The second kappa shape index (κ2) is 9.06. The summed E-state index contributed by atoms with van der Waals surface area (Å²) in [7, 11) is 0. The molecule has 24 heavy (non-hydrogen) atoms. The van der Waals surface area contributed by atoms with Gasteiger partial charge in [0.15, 0.2) is 0 Å². The summed E-state index contributed by atoms with van der Waals surface area (Å²) in [6, 6.07) is 0. The lowest BCUT2D eigenvalue weighted by atomic mass is 9.56. The van der Waals surface area contributed by atoms with Gasteiger partial charge in [0.2, 0.25) is 0 Å². The first kappa shape index (κ1) is 18.7. The molecule has 6 unspecified atom stereocenters. The van der Waals surface area contributed by atoms with Crippen LogP contribution in [0.4, 0.5) is 0 Å². The van der Waals surface area contributed by atoms with E-state index in [1.807, 2.05) is 0 Å². The van der Waals surface area contributed by atoms with E-state index in [4.69, 9.17) is 4.74 Å². The van der Waals surface area contributed by atoms with Crippen LogP contribution in [0, 0.1) is 29.6 Å². The highest BCUT2D eigenvalue weighted by Gasteiger charge is 2.44. The summed E-state index contributed by atoms with van der Waals surface area (Å²) in [5, 5.41) is 0. The van der Waals surface area contributed by atoms with Crippen molar-refractivity contribution < 1.29 is 4.74 Å².